The van der Waals surface area contributed by atoms with Crippen molar-refractivity contribution < 1.29 is 4.74 Å². The second-order valence-corrected chi connectivity index (χ2v) is 6.61. The van der Waals surface area contributed by atoms with Crippen LogP contribution in [0.3, 0.4) is 0 Å². The zero-order valence-corrected chi connectivity index (χ0v) is 13.6. The van der Waals surface area contributed by atoms with Crippen molar-refractivity contribution in [2.24, 2.45) is 0 Å². The summed E-state index contributed by atoms with van der Waals surface area (Å²) in [6, 6.07) is 13.0. The largest absolute Gasteiger partial charge is 0.370 e. The molecule has 1 fully saturated rings. The van der Waals surface area contributed by atoms with Gasteiger partial charge in [-0.2, -0.15) is 9.61 Å². The molecule has 0 N–H and O–H groups in total. The molecule has 0 radical (unpaired) electrons. The molecule has 5 rings (SSSR count). The molecule has 5 heteroatoms. The number of hydrogen-bond donors (Lipinski definition) is 0. The van der Waals surface area contributed by atoms with Gasteiger partial charge in [-0.05, 0) is 24.8 Å². The number of benzene rings is 1. The van der Waals surface area contributed by atoms with Crippen LogP contribution >= 0.6 is 0 Å². The molecule has 2 aromatic heterocycles. The third-order valence-electron chi connectivity index (χ3n) is 4.90. The van der Waals surface area contributed by atoms with Crippen LogP contribution in [0.1, 0.15) is 29.7 Å². The van der Waals surface area contributed by atoms with Crippen LogP contribution in [0.2, 0.25) is 0 Å². The van der Waals surface area contributed by atoms with Crippen LogP contribution in [-0.4, -0.2) is 27.2 Å². The lowest BCUT2D eigenvalue weighted by atomic mass is 10.2. The van der Waals surface area contributed by atoms with E-state index >= 15 is 0 Å². The first-order chi connectivity index (χ1) is 11.9. The van der Waals surface area contributed by atoms with Crippen molar-refractivity contribution in [3.63, 3.8) is 0 Å². The van der Waals surface area contributed by atoms with E-state index in [-0.39, 0.29) is 0 Å². The Kier molecular flexibility index (Phi) is 3.26. The lowest BCUT2D eigenvalue weighted by Gasteiger charge is -2.19. The minimum Gasteiger partial charge on any atom is -0.370 e. The second kappa shape index (κ2) is 5.60. The molecule has 1 aromatic carbocycles. The first kappa shape index (κ1) is 14.0. The highest BCUT2D eigenvalue weighted by Crippen LogP contribution is 2.38. The van der Waals surface area contributed by atoms with Gasteiger partial charge in [-0.25, -0.2) is 4.98 Å². The topological polar surface area (TPSA) is 42.7 Å². The number of anilines is 1. The van der Waals surface area contributed by atoms with Gasteiger partial charge in [0.25, 0.3) is 0 Å². The van der Waals surface area contributed by atoms with Gasteiger partial charge in [0.2, 0.25) is 0 Å². The molecule has 0 atom stereocenters. The van der Waals surface area contributed by atoms with Crippen LogP contribution in [0.25, 0.3) is 5.65 Å². The summed E-state index contributed by atoms with van der Waals surface area (Å²) in [6.07, 6.45) is 5.47. The summed E-state index contributed by atoms with van der Waals surface area (Å²) in [6.45, 7) is 2.25. The van der Waals surface area contributed by atoms with Crippen LogP contribution in [0.4, 0.5) is 5.82 Å². The molecule has 0 bridgehead atoms. The maximum atomic E-state index is 5.96. The standard InChI is InChI=1S/C19H20N4O/c1-2-4-14(5-3-1)12-24-13-17-16-9-11-22(15-6-7-15)19(16)23-18(21-17)8-10-20-23/h1-5,8,10,15H,6-7,9,11-13H2. The Balaban J connectivity index is 1.44. The SMILES string of the molecule is c1ccc(COCc2nc3ccnn3c3c2CCN3C2CC2)cc1. The van der Waals surface area contributed by atoms with Gasteiger partial charge in [0.05, 0.1) is 25.1 Å². The number of rotatable bonds is 5. The van der Waals surface area contributed by atoms with E-state index in [1.54, 1.807) is 0 Å². The third kappa shape index (κ3) is 2.36. The Morgan fingerprint density at radius 3 is 2.79 bits per heavy atom. The van der Waals surface area contributed by atoms with Crippen LogP contribution < -0.4 is 4.90 Å². The smallest absolute Gasteiger partial charge is 0.157 e. The Morgan fingerprint density at radius 1 is 1.08 bits per heavy atom. The van der Waals surface area contributed by atoms with Crippen LogP contribution in [0, 0.1) is 0 Å². The number of fused-ring (bicyclic) bond motifs is 3. The highest BCUT2D eigenvalue weighted by Gasteiger charge is 2.36. The molecule has 1 aliphatic heterocycles. The zero-order chi connectivity index (χ0) is 15.9. The molecule has 0 amide bonds. The average molecular weight is 320 g/mol. The minimum absolute atomic E-state index is 0.553. The second-order valence-electron chi connectivity index (χ2n) is 6.61. The summed E-state index contributed by atoms with van der Waals surface area (Å²) in [4.78, 5) is 7.31. The predicted octanol–water partition coefficient (Wildman–Crippen LogP) is 2.97. The Morgan fingerprint density at radius 2 is 1.96 bits per heavy atom. The lowest BCUT2D eigenvalue weighted by molar-refractivity contribution is 0.104. The summed E-state index contributed by atoms with van der Waals surface area (Å²) >= 11 is 0. The Labute approximate surface area is 140 Å². The highest BCUT2D eigenvalue weighted by molar-refractivity contribution is 5.61. The van der Waals surface area contributed by atoms with E-state index in [0.29, 0.717) is 19.3 Å². The van der Waals surface area contributed by atoms with Gasteiger partial charge < -0.3 is 9.64 Å². The van der Waals surface area contributed by atoms with Crippen molar-refractivity contribution in [3.05, 3.63) is 59.4 Å². The molecule has 24 heavy (non-hydrogen) atoms. The van der Waals surface area contributed by atoms with E-state index in [2.05, 4.69) is 22.1 Å². The molecule has 0 spiro atoms. The van der Waals surface area contributed by atoms with Crippen molar-refractivity contribution in [2.75, 3.05) is 11.4 Å². The van der Waals surface area contributed by atoms with Crippen molar-refractivity contribution >= 4 is 11.5 Å². The third-order valence-corrected chi connectivity index (χ3v) is 4.90. The van der Waals surface area contributed by atoms with Gasteiger partial charge in [0, 0.05) is 24.2 Å². The number of nitrogens with zero attached hydrogens (tertiary/aromatic N) is 4. The molecular formula is C19H20N4O. The molecular weight excluding hydrogens is 300 g/mol. The number of aromatic nitrogens is 3. The molecule has 0 unspecified atom stereocenters. The average Bonchev–Trinajstić information content (AvgIpc) is 3.18. The van der Waals surface area contributed by atoms with Crippen molar-refractivity contribution in [1.82, 2.24) is 14.6 Å². The van der Waals surface area contributed by atoms with Gasteiger partial charge in [-0.3, -0.25) is 0 Å². The number of ether oxygens (including phenoxy) is 1. The molecule has 5 nitrogen and oxygen atoms in total. The summed E-state index contributed by atoms with van der Waals surface area (Å²) in [5, 5.41) is 4.49. The minimum atomic E-state index is 0.553. The number of hydrogen-bond acceptors (Lipinski definition) is 4. The first-order valence-electron chi connectivity index (χ1n) is 8.64. The Hall–Kier alpha value is -2.40. The first-order valence-corrected chi connectivity index (χ1v) is 8.64. The molecule has 1 aliphatic carbocycles. The zero-order valence-electron chi connectivity index (χ0n) is 13.6. The normalized spacial score (nSPS) is 16.8. The van der Waals surface area contributed by atoms with Crippen LogP contribution in [0.5, 0.6) is 0 Å². The van der Waals surface area contributed by atoms with E-state index in [9.17, 15) is 0 Å². The molecule has 2 aliphatic rings. The van der Waals surface area contributed by atoms with E-state index < -0.39 is 0 Å². The van der Waals surface area contributed by atoms with Gasteiger partial charge in [0.1, 0.15) is 5.82 Å². The van der Waals surface area contributed by atoms with Crippen molar-refractivity contribution in [2.45, 2.75) is 38.5 Å². The molecule has 0 saturated heterocycles. The maximum Gasteiger partial charge on any atom is 0.157 e. The summed E-state index contributed by atoms with van der Waals surface area (Å²) < 4.78 is 7.96. The summed E-state index contributed by atoms with van der Waals surface area (Å²) in [7, 11) is 0. The van der Waals surface area contributed by atoms with E-state index in [0.717, 1.165) is 24.3 Å². The fourth-order valence-corrected chi connectivity index (χ4v) is 3.60. The van der Waals surface area contributed by atoms with Crippen molar-refractivity contribution in [1.29, 1.82) is 0 Å². The molecule has 122 valence electrons. The van der Waals surface area contributed by atoms with Gasteiger partial charge in [0.15, 0.2) is 5.65 Å². The van der Waals surface area contributed by atoms with Crippen LogP contribution in [-0.2, 0) is 24.4 Å². The monoisotopic (exact) mass is 320 g/mol. The van der Waals surface area contributed by atoms with E-state index in [4.69, 9.17) is 9.72 Å². The fraction of sp³-hybridized carbons (Fsp3) is 0.368. The van der Waals surface area contributed by atoms with E-state index in [1.165, 1.54) is 29.8 Å². The summed E-state index contributed by atoms with van der Waals surface area (Å²) in [5.74, 6) is 1.24. The summed E-state index contributed by atoms with van der Waals surface area (Å²) in [5.41, 5.74) is 4.49. The van der Waals surface area contributed by atoms with Crippen molar-refractivity contribution in [3.8, 4) is 0 Å². The quantitative estimate of drug-likeness (QED) is 0.725. The molecule has 1 saturated carbocycles. The Bertz CT molecular complexity index is 870. The maximum absolute atomic E-state index is 5.96. The highest BCUT2D eigenvalue weighted by atomic mass is 16.5. The van der Waals surface area contributed by atoms with Gasteiger partial charge in [-0.15, -0.1) is 0 Å². The predicted molar refractivity (Wildman–Crippen MR) is 92.0 cm³/mol. The van der Waals surface area contributed by atoms with Gasteiger partial charge >= 0.3 is 0 Å². The van der Waals surface area contributed by atoms with Gasteiger partial charge in [-0.1, -0.05) is 30.3 Å². The fourth-order valence-electron chi connectivity index (χ4n) is 3.60. The van der Waals surface area contributed by atoms with E-state index in [1.807, 2.05) is 35.0 Å². The van der Waals surface area contributed by atoms with Crippen LogP contribution in [0.15, 0.2) is 42.6 Å². The molecule has 3 heterocycles. The molecule has 3 aromatic rings. The lowest BCUT2D eigenvalue weighted by Crippen LogP contribution is -2.25.